The zero-order valence-electron chi connectivity index (χ0n) is 46.0. The summed E-state index contributed by atoms with van der Waals surface area (Å²) in [6.07, 6.45) is 7.04. The second kappa shape index (κ2) is 25.6. The van der Waals surface area contributed by atoms with E-state index >= 15 is 17.6 Å². The number of primary amides is 2. The number of benzene rings is 6. The summed E-state index contributed by atoms with van der Waals surface area (Å²) in [5.41, 5.74) is 8.12. The summed E-state index contributed by atoms with van der Waals surface area (Å²) in [4.78, 5) is 24.7. The number of halogens is 10. The van der Waals surface area contributed by atoms with Crippen LogP contribution in [0.2, 0.25) is 10.0 Å². The van der Waals surface area contributed by atoms with Crippen molar-refractivity contribution in [3.63, 3.8) is 0 Å². The molecular formula is C60H58Cl2F8N4O10S2. The normalized spacial score (nSPS) is 21.8. The monoisotopic (exact) mass is 1280 g/mol. The van der Waals surface area contributed by atoms with Gasteiger partial charge in [-0.25, -0.2) is 34.4 Å². The van der Waals surface area contributed by atoms with Gasteiger partial charge < -0.3 is 41.0 Å². The van der Waals surface area contributed by atoms with Crippen LogP contribution in [0.4, 0.5) is 35.1 Å². The summed E-state index contributed by atoms with van der Waals surface area (Å²) < 4.78 is 184. The van der Waals surface area contributed by atoms with Gasteiger partial charge in [-0.1, -0.05) is 83.9 Å². The Morgan fingerprint density at radius 3 is 1.20 bits per heavy atom. The minimum Gasteiger partial charge on any atom is -0.480 e. The Labute approximate surface area is 500 Å². The third kappa shape index (κ3) is 13.4. The molecule has 2 fully saturated rings. The molecule has 0 bridgehead atoms. The van der Waals surface area contributed by atoms with Crippen molar-refractivity contribution in [2.75, 3.05) is 25.6 Å². The molecule has 2 saturated carbocycles. The van der Waals surface area contributed by atoms with Crippen molar-refractivity contribution in [2.45, 2.75) is 111 Å². The standard InChI is InChI=1S/2C30H29ClF4N2O5S/c2*1-43(39,40)18-9-7-17(8-10-18)37-15-30(16-5-3-2-4-6-16)14-20-23(42-30)13-21(32)26(31)24(20)25-19(28(36)38)11-12-22(27(25)33)41-29(34)35/h2*2-6,11-13,17-18,29,37H,7-10,14-15H2,1H3,(H2,36,38)/t2*17?,18?,30-/m11/s1. The van der Waals surface area contributed by atoms with E-state index in [-0.39, 0.29) is 71.8 Å². The Morgan fingerprint density at radius 2 is 0.895 bits per heavy atom. The van der Waals surface area contributed by atoms with E-state index in [2.05, 4.69) is 20.1 Å². The third-order valence-electron chi connectivity index (χ3n) is 16.3. The molecule has 4 aliphatic rings. The number of carbonyl (C=O) groups excluding carboxylic acids is 2. The highest BCUT2D eigenvalue weighted by Crippen LogP contribution is 2.53. The molecule has 2 atom stereocenters. The van der Waals surface area contributed by atoms with E-state index in [9.17, 15) is 44.0 Å². The predicted molar refractivity (Wildman–Crippen MR) is 307 cm³/mol. The van der Waals surface area contributed by atoms with Gasteiger partial charge in [0.15, 0.2) is 34.3 Å². The van der Waals surface area contributed by atoms with Crippen molar-refractivity contribution in [3.05, 3.63) is 164 Å². The fraction of sp³-hybridized carbons (Fsp3) is 0.367. The zero-order chi connectivity index (χ0) is 62.2. The number of hydrogen-bond acceptors (Lipinski definition) is 12. The minimum atomic E-state index is -3.37. The smallest absolute Gasteiger partial charge is 0.387 e. The molecule has 86 heavy (non-hydrogen) atoms. The van der Waals surface area contributed by atoms with Crippen LogP contribution < -0.4 is 41.0 Å². The number of hydrogen-bond donors (Lipinski definition) is 4. The van der Waals surface area contributed by atoms with Gasteiger partial charge in [-0.15, -0.1) is 0 Å². The Kier molecular flexibility index (Phi) is 19.0. The Morgan fingerprint density at radius 1 is 0.558 bits per heavy atom. The van der Waals surface area contributed by atoms with E-state index in [0.29, 0.717) is 62.5 Å². The molecular weight excluding hydrogens is 1220 g/mol. The first kappa shape index (κ1) is 63.8. The Balaban J connectivity index is 0.000000205. The van der Waals surface area contributed by atoms with E-state index in [1.165, 1.54) is 12.5 Å². The van der Waals surface area contributed by atoms with E-state index in [4.69, 9.17) is 44.1 Å². The molecule has 0 spiro atoms. The molecule has 26 heteroatoms. The molecule has 0 saturated heterocycles. The van der Waals surface area contributed by atoms with Crippen molar-refractivity contribution < 1.29 is 80.5 Å². The maximum Gasteiger partial charge on any atom is 0.387 e. The minimum absolute atomic E-state index is 0.0206. The van der Waals surface area contributed by atoms with Crippen molar-refractivity contribution in [1.29, 1.82) is 0 Å². The summed E-state index contributed by atoms with van der Waals surface area (Å²) in [7, 11) is -6.30. The molecule has 2 amide bonds. The molecule has 10 rings (SSSR count). The number of alkyl halides is 4. The van der Waals surface area contributed by atoms with Gasteiger partial charge in [0.2, 0.25) is 11.8 Å². The van der Waals surface area contributed by atoms with E-state index < -0.39 is 133 Å². The van der Waals surface area contributed by atoms with Crippen LogP contribution in [-0.2, 0) is 43.7 Å². The molecule has 2 aliphatic carbocycles. The van der Waals surface area contributed by atoms with Crippen LogP contribution in [-0.4, -0.2) is 90.1 Å². The van der Waals surface area contributed by atoms with Gasteiger partial charge in [0, 0.05) is 96.0 Å². The quantitative estimate of drug-likeness (QED) is 0.0592. The molecule has 460 valence electrons. The van der Waals surface area contributed by atoms with Gasteiger partial charge in [-0.2, -0.15) is 17.6 Å². The number of nitrogens with one attached hydrogen (secondary N) is 2. The van der Waals surface area contributed by atoms with E-state index in [0.717, 1.165) is 36.4 Å². The van der Waals surface area contributed by atoms with Crippen LogP contribution >= 0.6 is 23.2 Å². The lowest BCUT2D eigenvalue weighted by Gasteiger charge is -2.34. The van der Waals surface area contributed by atoms with Gasteiger partial charge >= 0.3 is 13.2 Å². The first-order valence-corrected chi connectivity index (χ1v) is 31.8. The van der Waals surface area contributed by atoms with Crippen molar-refractivity contribution in [3.8, 4) is 45.3 Å². The highest BCUT2D eigenvalue weighted by atomic mass is 35.5. The van der Waals surface area contributed by atoms with Gasteiger partial charge in [-0.05, 0) is 86.8 Å². The topological polar surface area (TPSA) is 215 Å². The lowest BCUT2D eigenvalue weighted by atomic mass is 9.84. The van der Waals surface area contributed by atoms with Crippen LogP contribution in [0.15, 0.2) is 97.1 Å². The third-order valence-corrected chi connectivity index (χ3v) is 20.4. The van der Waals surface area contributed by atoms with Gasteiger partial charge in [0.1, 0.15) is 42.8 Å². The lowest BCUT2D eigenvalue weighted by Crippen LogP contribution is -2.47. The fourth-order valence-corrected chi connectivity index (χ4v) is 14.8. The number of fused-ring (bicyclic) bond motifs is 2. The number of sulfone groups is 2. The molecule has 14 nitrogen and oxygen atoms in total. The number of ether oxygens (including phenoxy) is 4. The first-order valence-electron chi connectivity index (χ1n) is 27.1. The Bertz CT molecular complexity index is 3540. The largest absolute Gasteiger partial charge is 0.480 e. The molecule has 2 aliphatic heterocycles. The fourth-order valence-electron chi connectivity index (χ4n) is 12.0. The highest BCUT2D eigenvalue weighted by molar-refractivity contribution is 7.91. The van der Waals surface area contributed by atoms with Gasteiger partial charge in [-0.3, -0.25) is 9.59 Å². The van der Waals surface area contributed by atoms with Crippen LogP contribution in [0.25, 0.3) is 22.3 Å². The maximum atomic E-state index is 15.8. The molecule has 0 aromatic heterocycles. The Hall–Kier alpha value is -6.70. The van der Waals surface area contributed by atoms with Crippen molar-refractivity contribution in [2.24, 2.45) is 11.5 Å². The van der Waals surface area contributed by atoms with Crippen LogP contribution in [0.5, 0.6) is 23.0 Å². The average molecular weight is 1280 g/mol. The number of carbonyl (C=O) groups is 2. The highest BCUT2D eigenvalue weighted by Gasteiger charge is 2.47. The summed E-state index contributed by atoms with van der Waals surface area (Å²) >= 11 is 12.8. The molecule has 6 aromatic rings. The summed E-state index contributed by atoms with van der Waals surface area (Å²) in [6.45, 7) is -6.33. The zero-order valence-corrected chi connectivity index (χ0v) is 49.2. The predicted octanol–water partition coefficient (Wildman–Crippen LogP) is 11.5. The molecule has 0 radical (unpaired) electrons. The van der Waals surface area contributed by atoms with Crippen LogP contribution in [0, 0.1) is 23.3 Å². The van der Waals surface area contributed by atoms with Crippen LogP contribution in [0.3, 0.4) is 0 Å². The van der Waals surface area contributed by atoms with Crippen LogP contribution in [0.1, 0.15) is 94.3 Å². The van der Waals surface area contributed by atoms with E-state index in [1.54, 1.807) is 24.3 Å². The van der Waals surface area contributed by atoms with Gasteiger partial charge in [0.25, 0.3) is 0 Å². The molecule has 6 aromatic carbocycles. The average Bonchev–Trinajstić information content (AvgIpc) is 1.58. The molecule has 0 unspecified atom stereocenters. The second-order valence-electron chi connectivity index (χ2n) is 21.8. The second-order valence-corrected chi connectivity index (χ2v) is 27.2. The molecule has 6 N–H and O–H groups in total. The number of amides is 2. The van der Waals surface area contributed by atoms with Crippen molar-refractivity contribution in [1.82, 2.24) is 10.6 Å². The molecule has 2 heterocycles. The number of rotatable bonds is 18. The number of nitrogens with two attached hydrogens (primary N) is 2. The lowest BCUT2D eigenvalue weighted by molar-refractivity contribution is -0.0527. The van der Waals surface area contributed by atoms with E-state index in [1.807, 2.05) is 36.4 Å². The summed E-state index contributed by atoms with van der Waals surface area (Å²) in [5, 5.41) is 5.06. The first-order chi connectivity index (χ1) is 40.6. The SMILES string of the molecule is CS(=O)(=O)C1CCC(NC[C@@]2(c3ccccc3)Cc3c(cc(F)c(Cl)c3-c3c(C(N)=O)ccc(OC(F)F)c3F)O2)CC1.CS(=O)(=O)C1CCC(NC[C@@]2(c3ccccc3)Cc3c(cc(F)c(Cl)c3-c3c(C(N)=O)ccc(OC(F)F)c3F)O2)CC1. The summed E-state index contributed by atoms with van der Waals surface area (Å²) in [5.74, 6) is -8.56. The maximum absolute atomic E-state index is 15.8. The summed E-state index contributed by atoms with van der Waals surface area (Å²) in [6, 6.07) is 23.9. The van der Waals surface area contributed by atoms with Crippen molar-refractivity contribution >= 4 is 54.7 Å². The van der Waals surface area contributed by atoms with Gasteiger partial charge in [0.05, 0.1) is 31.7 Å².